The second kappa shape index (κ2) is 12.0. The minimum atomic E-state index is -0.409. The molecule has 0 saturated heterocycles. The molecular weight excluding hydrogens is 479 g/mol. The third-order valence-electron chi connectivity index (χ3n) is 5.51. The summed E-state index contributed by atoms with van der Waals surface area (Å²) >= 11 is 1.26. The fourth-order valence-corrected chi connectivity index (χ4v) is 4.31. The third kappa shape index (κ3) is 6.73. The molecule has 2 amide bonds. The summed E-state index contributed by atoms with van der Waals surface area (Å²) in [6, 6.07) is 22.6. The zero-order chi connectivity index (χ0) is 25.3. The molecule has 1 aromatic heterocycles. The van der Waals surface area contributed by atoms with E-state index in [0.29, 0.717) is 28.7 Å². The van der Waals surface area contributed by atoms with Gasteiger partial charge < -0.3 is 15.0 Å². The number of nitrogens with zero attached hydrogens (tertiary/aromatic N) is 3. The summed E-state index contributed by atoms with van der Waals surface area (Å²) in [6.07, 6.45) is 0.718. The maximum atomic E-state index is 13.3. The van der Waals surface area contributed by atoms with E-state index in [1.807, 2.05) is 54.6 Å². The Morgan fingerprint density at radius 2 is 1.67 bits per heavy atom. The third-order valence-corrected chi connectivity index (χ3v) is 6.40. The van der Waals surface area contributed by atoms with Crippen LogP contribution in [-0.2, 0) is 11.2 Å². The maximum Gasteiger partial charge on any atom is 0.253 e. The molecule has 4 rings (SSSR count). The predicted molar refractivity (Wildman–Crippen MR) is 138 cm³/mol. The van der Waals surface area contributed by atoms with Crippen LogP contribution in [0.5, 0.6) is 5.75 Å². The summed E-state index contributed by atoms with van der Waals surface area (Å²) in [5, 5.41) is 12.0. The number of rotatable bonds is 10. The molecule has 1 heterocycles. The Morgan fingerprint density at radius 1 is 0.944 bits per heavy atom. The average molecular weight is 505 g/mol. The fraction of sp³-hybridized carbons (Fsp3) is 0.185. The Morgan fingerprint density at radius 3 is 2.36 bits per heavy atom. The first-order valence-electron chi connectivity index (χ1n) is 11.4. The van der Waals surface area contributed by atoms with Gasteiger partial charge in [0.2, 0.25) is 11.0 Å². The second-order valence-corrected chi connectivity index (χ2v) is 8.95. The van der Waals surface area contributed by atoms with Crippen LogP contribution in [0.3, 0.4) is 0 Å². The van der Waals surface area contributed by atoms with Crippen LogP contribution in [0.25, 0.3) is 10.6 Å². The van der Waals surface area contributed by atoms with Crippen LogP contribution in [-0.4, -0.2) is 47.1 Å². The summed E-state index contributed by atoms with van der Waals surface area (Å²) in [4.78, 5) is 27.4. The maximum absolute atomic E-state index is 13.3. The van der Waals surface area contributed by atoms with Crippen molar-refractivity contribution < 1.29 is 18.7 Å². The van der Waals surface area contributed by atoms with Crippen molar-refractivity contribution in [1.29, 1.82) is 0 Å². The summed E-state index contributed by atoms with van der Waals surface area (Å²) in [6.45, 7) is 0.632. The largest absolute Gasteiger partial charge is 0.497 e. The van der Waals surface area contributed by atoms with Gasteiger partial charge in [0, 0.05) is 30.6 Å². The number of halogens is 1. The van der Waals surface area contributed by atoms with Gasteiger partial charge in [0.1, 0.15) is 16.6 Å². The van der Waals surface area contributed by atoms with Crippen molar-refractivity contribution in [3.63, 3.8) is 0 Å². The molecule has 0 bridgehead atoms. The molecule has 0 aliphatic rings. The van der Waals surface area contributed by atoms with Gasteiger partial charge in [-0.1, -0.05) is 41.7 Å². The van der Waals surface area contributed by atoms with E-state index in [1.54, 1.807) is 12.0 Å². The van der Waals surface area contributed by atoms with Crippen molar-refractivity contribution >= 4 is 28.3 Å². The number of methoxy groups -OCH3 is 1. The molecule has 9 heteroatoms. The van der Waals surface area contributed by atoms with Gasteiger partial charge in [-0.05, 0) is 60.5 Å². The monoisotopic (exact) mass is 504 g/mol. The zero-order valence-corrected chi connectivity index (χ0v) is 20.5. The quantitative estimate of drug-likeness (QED) is 0.326. The topological polar surface area (TPSA) is 84.4 Å². The van der Waals surface area contributed by atoms with Gasteiger partial charge in [0.15, 0.2) is 0 Å². The fourth-order valence-electron chi connectivity index (χ4n) is 3.54. The molecule has 0 fully saturated rings. The molecule has 7 nitrogen and oxygen atoms in total. The Kier molecular flexibility index (Phi) is 8.36. The second-order valence-electron chi connectivity index (χ2n) is 7.97. The molecule has 1 N–H and O–H groups in total. The Labute approximate surface area is 212 Å². The van der Waals surface area contributed by atoms with Crippen LogP contribution in [0.4, 0.5) is 9.52 Å². The highest BCUT2D eigenvalue weighted by molar-refractivity contribution is 7.18. The number of hydrogen-bond acceptors (Lipinski definition) is 6. The average Bonchev–Trinajstić information content (AvgIpc) is 3.37. The van der Waals surface area contributed by atoms with Crippen molar-refractivity contribution in [2.75, 3.05) is 25.5 Å². The standard InChI is InChI=1S/C27H25FN4O3S/c1-35-23-13-9-20(10-14-23)25-30-31-27(36-25)29-24(33)16-18-32(17-15-19-5-3-2-4-6-19)26(34)21-7-11-22(28)12-8-21/h2-14H,15-18H2,1H3,(H,29,31,33). The highest BCUT2D eigenvalue weighted by Gasteiger charge is 2.18. The van der Waals surface area contributed by atoms with Gasteiger partial charge in [0.05, 0.1) is 7.11 Å². The van der Waals surface area contributed by atoms with E-state index in [4.69, 9.17) is 4.74 Å². The molecule has 184 valence electrons. The van der Waals surface area contributed by atoms with Gasteiger partial charge in [-0.15, -0.1) is 10.2 Å². The lowest BCUT2D eigenvalue weighted by Crippen LogP contribution is -2.35. The first-order valence-corrected chi connectivity index (χ1v) is 12.2. The van der Waals surface area contributed by atoms with Crippen LogP contribution in [0.2, 0.25) is 0 Å². The Balaban J connectivity index is 1.38. The number of ether oxygens (including phenoxy) is 1. The number of anilines is 1. The number of hydrogen-bond donors (Lipinski definition) is 1. The minimum Gasteiger partial charge on any atom is -0.497 e. The number of carbonyl (C=O) groups is 2. The zero-order valence-electron chi connectivity index (χ0n) is 19.7. The molecular formula is C27H25FN4O3S. The van der Waals surface area contributed by atoms with Crippen molar-refractivity contribution in [1.82, 2.24) is 15.1 Å². The highest BCUT2D eigenvalue weighted by atomic mass is 32.1. The number of aromatic nitrogens is 2. The van der Waals surface area contributed by atoms with Gasteiger partial charge >= 0.3 is 0 Å². The molecule has 0 aliphatic carbocycles. The Bertz CT molecular complexity index is 1290. The van der Waals surface area contributed by atoms with E-state index >= 15 is 0 Å². The lowest BCUT2D eigenvalue weighted by atomic mass is 10.1. The van der Waals surface area contributed by atoms with Gasteiger partial charge in [-0.2, -0.15) is 0 Å². The number of carbonyl (C=O) groups excluding carboxylic acids is 2. The van der Waals surface area contributed by atoms with Crippen molar-refractivity contribution in [2.45, 2.75) is 12.8 Å². The SMILES string of the molecule is COc1ccc(-c2nnc(NC(=O)CCN(CCc3ccccc3)C(=O)c3ccc(F)cc3)s2)cc1. The highest BCUT2D eigenvalue weighted by Crippen LogP contribution is 2.27. The van der Waals surface area contributed by atoms with Crippen LogP contribution in [0.15, 0.2) is 78.9 Å². The van der Waals surface area contributed by atoms with Gasteiger partial charge in [-0.3, -0.25) is 9.59 Å². The molecule has 0 atom stereocenters. The smallest absolute Gasteiger partial charge is 0.253 e. The normalized spacial score (nSPS) is 10.6. The summed E-state index contributed by atoms with van der Waals surface area (Å²) < 4.78 is 18.5. The van der Waals surface area contributed by atoms with Crippen molar-refractivity contribution in [3.05, 3.63) is 95.8 Å². The van der Waals surface area contributed by atoms with E-state index in [9.17, 15) is 14.0 Å². The van der Waals surface area contributed by atoms with Crippen molar-refractivity contribution in [3.8, 4) is 16.3 Å². The van der Waals surface area contributed by atoms with E-state index in [-0.39, 0.29) is 24.8 Å². The van der Waals surface area contributed by atoms with E-state index in [2.05, 4.69) is 15.5 Å². The van der Waals surface area contributed by atoms with Crippen molar-refractivity contribution in [2.24, 2.45) is 0 Å². The van der Waals surface area contributed by atoms with E-state index < -0.39 is 5.82 Å². The summed E-state index contributed by atoms with van der Waals surface area (Å²) in [5.74, 6) is -0.197. The summed E-state index contributed by atoms with van der Waals surface area (Å²) in [5.41, 5.74) is 2.32. The minimum absolute atomic E-state index is 0.0825. The molecule has 4 aromatic rings. The van der Waals surface area contributed by atoms with Crippen LogP contribution in [0.1, 0.15) is 22.3 Å². The predicted octanol–water partition coefficient (Wildman–Crippen LogP) is 5.07. The first-order chi connectivity index (χ1) is 17.5. The van der Waals surface area contributed by atoms with Gasteiger partial charge in [0.25, 0.3) is 5.91 Å². The molecule has 0 radical (unpaired) electrons. The van der Waals surface area contributed by atoms with Crippen LogP contribution >= 0.6 is 11.3 Å². The van der Waals surface area contributed by atoms with Crippen LogP contribution < -0.4 is 10.1 Å². The van der Waals surface area contributed by atoms with E-state index in [0.717, 1.165) is 16.9 Å². The number of nitrogens with one attached hydrogen (secondary N) is 1. The molecule has 0 aliphatic heterocycles. The lowest BCUT2D eigenvalue weighted by molar-refractivity contribution is -0.116. The number of benzene rings is 3. The number of amides is 2. The van der Waals surface area contributed by atoms with Crippen LogP contribution in [0, 0.1) is 5.82 Å². The molecule has 0 unspecified atom stereocenters. The first kappa shape index (κ1) is 25.0. The molecule has 3 aromatic carbocycles. The molecule has 36 heavy (non-hydrogen) atoms. The summed E-state index contributed by atoms with van der Waals surface area (Å²) in [7, 11) is 1.60. The Hall–Kier alpha value is -4.11. The lowest BCUT2D eigenvalue weighted by Gasteiger charge is -2.22. The van der Waals surface area contributed by atoms with E-state index in [1.165, 1.54) is 35.6 Å². The molecule has 0 saturated carbocycles. The van der Waals surface area contributed by atoms with Gasteiger partial charge in [-0.25, -0.2) is 4.39 Å². The molecule has 0 spiro atoms.